The molecule has 116 valence electrons. The van der Waals surface area contributed by atoms with Crippen molar-refractivity contribution in [2.45, 2.75) is 27.2 Å². The minimum atomic E-state index is -0.105. The number of aromatic nitrogens is 1. The molecule has 1 heterocycles. The van der Waals surface area contributed by atoms with Crippen LogP contribution >= 0.6 is 0 Å². The number of para-hydroxylation sites is 1. The summed E-state index contributed by atoms with van der Waals surface area (Å²) in [5.74, 6) is -0.105. The number of aryl methyl sites for hydroxylation is 3. The number of fused-ring (bicyclic) bond motifs is 1. The average Bonchev–Trinajstić information content (AvgIpc) is 2.55. The lowest BCUT2D eigenvalue weighted by atomic mass is 10.0. The topological polar surface area (TPSA) is 42.0 Å². The highest BCUT2D eigenvalue weighted by atomic mass is 16.1. The summed E-state index contributed by atoms with van der Waals surface area (Å²) in [4.78, 5) is 17.3. The molecule has 2 aromatic carbocycles. The zero-order chi connectivity index (χ0) is 16.4. The molecule has 3 aromatic rings. The van der Waals surface area contributed by atoms with Crippen LogP contribution in [0.5, 0.6) is 0 Å². The molecule has 0 bridgehead atoms. The first-order chi connectivity index (χ1) is 11.1. The Morgan fingerprint density at radius 1 is 1.09 bits per heavy atom. The van der Waals surface area contributed by atoms with Crippen LogP contribution in [0.3, 0.4) is 0 Å². The Hall–Kier alpha value is -2.68. The highest BCUT2D eigenvalue weighted by Crippen LogP contribution is 2.23. The molecule has 0 spiro atoms. The SMILES string of the molecule is CCc1cccc(NC(=O)c2c(C)nc3ccccc3c2C)c1. The van der Waals surface area contributed by atoms with Crippen LogP contribution in [0, 0.1) is 13.8 Å². The van der Waals surface area contributed by atoms with Crippen LogP contribution in [0.25, 0.3) is 10.9 Å². The number of carbonyl (C=O) groups is 1. The predicted molar refractivity (Wildman–Crippen MR) is 95.0 cm³/mol. The van der Waals surface area contributed by atoms with E-state index in [-0.39, 0.29) is 5.91 Å². The second-order valence-corrected chi connectivity index (χ2v) is 5.72. The van der Waals surface area contributed by atoms with Gasteiger partial charge in [-0.2, -0.15) is 0 Å². The summed E-state index contributed by atoms with van der Waals surface area (Å²) in [5, 5.41) is 4.02. The standard InChI is InChI=1S/C20H20N2O/c1-4-15-8-7-9-16(12-15)22-20(23)19-13(2)17-10-5-6-11-18(17)21-14(19)3/h5-12H,4H2,1-3H3,(H,22,23). The van der Waals surface area contributed by atoms with Gasteiger partial charge in [0.15, 0.2) is 0 Å². The number of carbonyl (C=O) groups excluding carboxylic acids is 1. The maximum atomic E-state index is 12.7. The molecule has 3 heteroatoms. The van der Waals surface area contributed by atoms with Gasteiger partial charge in [-0.05, 0) is 49.6 Å². The molecule has 3 nitrogen and oxygen atoms in total. The summed E-state index contributed by atoms with van der Waals surface area (Å²) in [6.07, 6.45) is 0.944. The highest BCUT2D eigenvalue weighted by molar-refractivity contribution is 6.08. The molecule has 0 aliphatic carbocycles. The van der Waals surface area contributed by atoms with Gasteiger partial charge in [0.05, 0.1) is 16.8 Å². The fourth-order valence-corrected chi connectivity index (χ4v) is 2.93. The second-order valence-electron chi connectivity index (χ2n) is 5.72. The highest BCUT2D eigenvalue weighted by Gasteiger charge is 2.16. The van der Waals surface area contributed by atoms with E-state index in [1.54, 1.807) is 0 Å². The van der Waals surface area contributed by atoms with Crippen molar-refractivity contribution < 1.29 is 4.79 Å². The fourth-order valence-electron chi connectivity index (χ4n) is 2.93. The molecular formula is C20H20N2O. The Balaban J connectivity index is 2.00. The third-order valence-electron chi connectivity index (χ3n) is 4.15. The smallest absolute Gasteiger partial charge is 0.257 e. The Labute approximate surface area is 136 Å². The lowest BCUT2D eigenvalue weighted by Gasteiger charge is -2.13. The van der Waals surface area contributed by atoms with Gasteiger partial charge < -0.3 is 5.32 Å². The fraction of sp³-hybridized carbons (Fsp3) is 0.200. The van der Waals surface area contributed by atoms with Gasteiger partial charge in [-0.15, -0.1) is 0 Å². The molecule has 0 radical (unpaired) electrons. The molecule has 3 rings (SSSR count). The zero-order valence-electron chi connectivity index (χ0n) is 13.7. The lowest BCUT2D eigenvalue weighted by Crippen LogP contribution is -2.16. The largest absolute Gasteiger partial charge is 0.322 e. The van der Waals surface area contributed by atoms with Crippen molar-refractivity contribution in [1.29, 1.82) is 0 Å². The molecule has 1 N–H and O–H groups in total. The van der Waals surface area contributed by atoms with Crippen LogP contribution in [0.2, 0.25) is 0 Å². The Morgan fingerprint density at radius 2 is 1.87 bits per heavy atom. The Morgan fingerprint density at radius 3 is 2.65 bits per heavy atom. The summed E-state index contributed by atoms with van der Waals surface area (Å²) in [7, 11) is 0. The summed E-state index contributed by atoms with van der Waals surface area (Å²) in [6.45, 7) is 5.97. The van der Waals surface area contributed by atoms with Crippen LogP contribution in [0.1, 0.15) is 34.1 Å². The monoisotopic (exact) mass is 304 g/mol. The third kappa shape index (κ3) is 2.95. The predicted octanol–water partition coefficient (Wildman–Crippen LogP) is 4.67. The lowest BCUT2D eigenvalue weighted by molar-refractivity contribution is 0.102. The molecular weight excluding hydrogens is 284 g/mol. The number of hydrogen-bond acceptors (Lipinski definition) is 2. The van der Waals surface area contributed by atoms with E-state index in [9.17, 15) is 4.79 Å². The van der Waals surface area contributed by atoms with Crippen molar-refractivity contribution >= 4 is 22.5 Å². The Kier molecular flexibility index (Phi) is 4.11. The molecule has 0 aliphatic heterocycles. The molecule has 23 heavy (non-hydrogen) atoms. The first-order valence-corrected chi connectivity index (χ1v) is 7.86. The van der Waals surface area contributed by atoms with Gasteiger partial charge in [0.25, 0.3) is 5.91 Å². The molecule has 1 amide bonds. The van der Waals surface area contributed by atoms with Gasteiger partial charge in [-0.1, -0.05) is 37.3 Å². The van der Waals surface area contributed by atoms with Gasteiger partial charge in [-0.25, -0.2) is 0 Å². The van der Waals surface area contributed by atoms with E-state index >= 15 is 0 Å². The van der Waals surface area contributed by atoms with E-state index in [2.05, 4.69) is 23.3 Å². The van der Waals surface area contributed by atoms with Crippen LogP contribution in [-0.2, 0) is 6.42 Å². The van der Waals surface area contributed by atoms with Crippen LogP contribution in [-0.4, -0.2) is 10.9 Å². The molecule has 0 aliphatic rings. The number of pyridine rings is 1. The molecule has 0 saturated heterocycles. The maximum absolute atomic E-state index is 12.7. The zero-order valence-corrected chi connectivity index (χ0v) is 13.7. The van der Waals surface area contributed by atoms with Gasteiger partial charge in [-0.3, -0.25) is 9.78 Å². The minimum absolute atomic E-state index is 0.105. The summed E-state index contributed by atoms with van der Waals surface area (Å²) >= 11 is 0. The third-order valence-corrected chi connectivity index (χ3v) is 4.15. The van der Waals surface area contributed by atoms with Crippen molar-refractivity contribution in [2.75, 3.05) is 5.32 Å². The Bertz CT molecular complexity index is 884. The van der Waals surface area contributed by atoms with Crippen molar-refractivity contribution in [3.63, 3.8) is 0 Å². The summed E-state index contributed by atoms with van der Waals surface area (Å²) < 4.78 is 0. The number of benzene rings is 2. The first kappa shape index (κ1) is 15.2. The van der Waals surface area contributed by atoms with Crippen molar-refractivity contribution in [3.8, 4) is 0 Å². The summed E-state index contributed by atoms with van der Waals surface area (Å²) in [5.41, 5.74) is 5.33. The van der Waals surface area contributed by atoms with Gasteiger partial charge in [0, 0.05) is 11.1 Å². The molecule has 1 aromatic heterocycles. The summed E-state index contributed by atoms with van der Waals surface area (Å²) in [6, 6.07) is 15.9. The maximum Gasteiger partial charge on any atom is 0.257 e. The van der Waals surface area contributed by atoms with Crippen LogP contribution in [0.4, 0.5) is 5.69 Å². The van der Waals surface area contributed by atoms with E-state index < -0.39 is 0 Å². The number of rotatable bonds is 3. The second kappa shape index (κ2) is 6.21. The van der Waals surface area contributed by atoms with Gasteiger partial charge in [0.2, 0.25) is 0 Å². The van der Waals surface area contributed by atoms with E-state index in [4.69, 9.17) is 0 Å². The normalized spacial score (nSPS) is 10.7. The van der Waals surface area contributed by atoms with E-state index in [1.807, 2.05) is 56.3 Å². The minimum Gasteiger partial charge on any atom is -0.322 e. The quantitative estimate of drug-likeness (QED) is 0.764. The number of nitrogens with zero attached hydrogens (tertiary/aromatic N) is 1. The average molecular weight is 304 g/mol. The number of nitrogens with one attached hydrogen (secondary N) is 1. The van der Waals surface area contributed by atoms with Crippen molar-refractivity contribution in [3.05, 3.63) is 70.9 Å². The molecule has 0 atom stereocenters. The molecule has 0 saturated carbocycles. The number of hydrogen-bond donors (Lipinski definition) is 1. The first-order valence-electron chi connectivity index (χ1n) is 7.86. The number of anilines is 1. The van der Waals surface area contributed by atoms with Crippen molar-refractivity contribution in [1.82, 2.24) is 4.98 Å². The van der Waals surface area contributed by atoms with Crippen molar-refractivity contribution in [2.24, 2.45) is 0 Å². The number of amides is 1. The van der Waals surface area contributed by atoms with Crippen LogP contribution in [0.15, 0.2) is 48.5 Å². The van der Waals surface area contributed by atoms with E-state index in [1.165, 1.54) is 5.56 Å². The van der Waals surface area contributed by atoms with E-state index in [0.29, 0.717) is 5.56 Å². The van der Waals surface area contributed by atoms with E-state index in [0.717, 1.165) is 34.3 Å². The van der Waals surface area contributed by atoms with Gasteiger partial charge >= 0.3 is 0 Å². The molecule has 0 fully saturated rings. The molecule has 0 unspecified atom stereocenters. The van der Waals surface area contributed by atoms with Crippen LogP contribution < -0.4 is 5.32 Å². The van der Waals surface area contributed by atoms with Gasteiger partial charge in [0.1, 0.15) is 0 Å².